The van der Waals surface area contributed by atoms with Gasteiger partial charge in [-0.15, -0.1) is 0 Å². The minimum absolute atomic E-state index is 0.362. The SMILES string of the molecule is CP(=O)(O)C(O)(C[n+]1cc(F)cc(-c2ccccc2)c1)P(=O)([O-])O. The van der Waals surface area contributed by atoms with Crippen LogP contribution >= 0.6 is 15.0 Å². The highest BCUT2D eigenvalue weighted by molar-refractivity contribution is 7.74. The number of rotatable bonds is 5. The number of nitrogens with zero attached hydrogens (tertiary/aromatic N) is 1. The van der Waals surface area contributed by atoms with Crippen LogP contribution in [0.2, 0.25) is 0 Å². The lowest BCUT2D eigenvalue weighted by atomic mass is 10.1. The molecule has 7 nitrogen and oxygen atoms in total. The fourth-order valence-corrected chi connectivity index (χ4v) is 4.82. The Balaban J connectivity index is 2.52. The van der Waals surface area contributed by atoms with Gasteiger partial charge < -0.3 is 24.4 Å². The minimum atomic E-state index is -5.63. The van der Waals surface area contributed by atoms with E-state index in [9.17, 15) is 33.3 Å². The van der Waals surface area contributed by atoms with E-state index in [1.54, 1.807) is 30.3 Å². The maximum absolute atomic E-state index is 13.8. The van der Waals surface area contributed by atoms with E-state index in [4.69, 9.17) is 0 Å². The third kappa shape index (κ3) is 3.81. The zero-order chi connectivity index (χ0) is 18.2. The molecule has 1 aromatic carbocycles. The number of hydrogen-bond acceptors (Lipinski definition) is 4. The second kappa shape index (κ2) is 6.48. The maximum atomic E-state index is 13.8. The Kier molecular flexibility index (Phi) is 5.11. The lowest BCUT2D eigenvalue weighted by molar-refractivity contribution is -0.704. The molecule has 0 amide bonds. The van der Waals surface area contributed by atoms with Gasteiger partial charge in [-0.1, -0.05) is 30.3 Å². The summed E-state index contributed by atoms with van der Waals surface area (Å²) in [5, 5.41) is 6.78. The van der Waals surface area contributed by atoms with Crippen LogP contribution in [0.5, 0.6) is 0 Å². The molecule has 1 heterocycles. The molecule has 0 saturated carbocycles. The summed E-state index contributed by atoms with van der Waals surface area (Å²) in [4.78, 5) is 30.2. The normalized spacial score (nSPS) is 19.1. The number of benzene rings is 1. The highest BCUT2D eigenvalue weighted by atomic mass is 31.2. The smallest absolute Gasteiger partial charge is 0.263 e. The molecule has 24 heavy (non-hydrogen) atoms. The molecule has 1 aromatic heterocycles. The molecule has 0 aliphatic rings. The number of hydrogen-bond donors (Lipinski definition) is 3. The summed E-state index contributed by atoms with van der Waals surface area (Å²) in [6.07, 6.45) is 2.15. The molecule has 0 aliphatic carbocycles. The predicted molar refractivity (Wildman–Crippen MR) is 82.6 cm³/mol. The molecule has 10 heteroatoms. The fraction of sp³-hybridized carbons (Fsp3) is 0.214. The van der Waals surface area contributed by atoms with E-state index < -0.39 is 32.4 Å². The summed E-state index contributed by atoms with van der Waals surface area (Å²) in [5.74, 6) is -0.749. The van der Waals surface area contributed by atoms with Crippen molar-refractivity contribution >= 4 is 15.0 Å². The van der Waals surface area contributed by atoms with E-state index in [2.05, 4.69) is 0 Å². The number of halogens is 1. The molecule has 3 atom stereocenters. The van der Waals surface area contributed by atoms with E-state index in [-0.39, 0.29) is 0 Å². The average molecular weight is 375 g/mol. The van der Waals surface area contributed by atoms with E-state index in [1.165, 1.54) is 12.3 Å². The van der Waals surface area contributed by atoms with Gasteiger partial charge >= 0.3 is 0 Å². The Bertz CT molecular complexity index is 810. The van der Waals surface area contributed by atoms with Crippen molar-refractivity contribution in [1.82, 2.24) is 0 Å². The van der Waals surface area contributed by atoms with Crippen LogP contribution in [0.4, 0.5) is 4.39 Å². The summed E-state index contributed by atoms with van der Waals surface area (Å²) in [6.45, 7) is -0.405. The molecule has 0 radical (unpaired) electrons. The van der Waals surface area contributed by atoms with Crippen molar-refractivity contribution in [3.05, 3.63) is 54.6 Å². The predicted octanol–water partition coefficient (Wildman–Crippen LogP) is 0.872. The van der Waals surface area contributed by atoms with Gasteiger partial charge in [0.05, 0.1) is 0 Å². The molecule has 0 bridgehead atoms. The molecule has 2 aromatic rings. The first kappa shape index (κ1) is 18.9. The Morgan fingerprint density at radius 3 is 2.25 bits per heavy atom. The fourth-order valence-electron chi connectivity index (χ4n) is 2.18. The first-order chi connectivity index (χ1) is 10.9. The number of aromatic nitrogens is 1. The van der Waals surface area contributed by atoms with Gasteiger partial charge in [0.25, 0.3) is 5.08 Å². The van der Waals surface area contributed by atoms with Crippen molar-refractivity contribution in [3.8, 4) is 11.1 Å². The van der Waals surface area contributed by atoms with Crippen molar-refractivity contribution in [3.63, 3.8) is 0 Å². The summed E-state index contributed by atoms with van der Waals surface area (Å²) in [7, 11) is -10.3. The van der Waals surface area contributed by atoms with Crippen LogP contribution < -0.4 is 9.46 Å². The van der Waals surface area contributed by atoms with E-state index in [0.29, 0.717) is 17.8 Å². The van der Waals surface area contributed by atoms with Crippen LogP contribution in [0.1, 0.15) is 0 Å². The van der Waals surface area contributed by atoms with Crippen molar-refractivity contribution in [2.75, 3.05) is 6.66 Å². The Labute approximate surface area is 137 Å². The third-order valence-corrected chi connectivity index (χ3v) is 7.89. The quantitative estimate of drug-likeness (QED) is 0.527. The van der Waals surface area contributed by atoms with E-state index in [1.807, 2.05) is 0 Å². The second-order valence-electron chi connectivity index (χ2n) is 5.45. The van der Waals surface area contributed by atoms with Gasteiger partial charge in [0.15, 0.2) is 26.2 Å². The zero-order valence-corrected chi connectivity index (χ0v) is 14.4. The van der Waals surface area contributed by atoms with Crippen LogP contribution in [0, 0.1) is 5.82 Å². The summed E-state index contributed by atoms with van der Waals surface area (Å²) in [6, 6.07) is 9.75. The molecule has 0 spiro atoms. The first-order valence-electron chi connectivity index (χ1n) is 6.76. The van der Waals surface area contributed by atoms with Crippen molar-refractivity contribution in [2.24, 2.45) is 0 Å². The van der Waals surface area contributed by atoms with Crippen molar-refractivity contribution in [1.29, 1.82) is 0 Å². The van der Waals surface area contributed by atoms with Crippen LogP contribution in [0.15, 0.2) is 48.8 Å². The van der Waals surface area contributed by atoms with Crippen LogP contribution in [0.25, 0.3) is 11.1 Å². The zero-order valence-electron chi connectivity index (χ0n) is 12.6. The average Bonchev–Trinajstić information content (AvgIpc) is 2.45. The van der Waals surface area contributed by atoms with Crippen molar-refractivity contribution < 1.29 is 37.9 Å². The van der Waals surface area contributed by atoms with Gasteiger partial charge in [-0.05, 0) is 11.6 Å². The molecule has 2 rings (SSSR count). The monoisotopic (exact) mass is 375 g/mol. The van der Waals surface area contributed by atoms with Crippen LogP contribution in [-0.2, 0) is 15.7 Å². The van der Waals surface area contributed by atoms with E-state index >= 15 is 0 Å². The highest BCUT2D eigenvalue weighted by Crippen LogP contribution is 2.65. The molecular weight excluding hydrogens is 359 g/mol. The van der Waals surface area contributed by atoms with Crippen LogP contribution in [0.3, 0.4) is 0 Å². The molecule has 0 saturated heterocycles. The van der Waals surface area contributed by atoms with Crippen LogP contribution in [-0.4, -0.2) is 26.6 Å². The molecule has 130 valence electrons. The molecule has 0 aliphatic heterocycles. The highest BCUT2D eigenvalue weighted by Gasteiger charge is 2.54. The Morgan fingerprint density at radius 2 is 1.75 bits per heavy atom. The third-order valence-electron chi connectivity index (χ3n) is 3.51. The number of pyridine rings is 1. The standard InChI is InChI=1S/C14H16FNO6P2/c1-23(18,19)14(17,24(20,21)22)10-16-8-12(7-13(15)9-16)11-5-3-2-4-6-11/h2-9,17H,10H2,1H3,(H2-,18,19,20,21,22). The van der Waals surface area contributed by atoms with Gasteiger partial charge in [-0.2, -0.15) is 4.57 Å². The second-order valence-corrected chi connectivity index (χ2v) is 10.1. The van der Waals surface area contributed by atoms with Gasteiger partial charge in [-0.25, -0.2) is 4.39 Å². The van der Waals surface area contributed by atoms with Gasteiger partial charge in [-0.3, -0.25) is 4.57 Å². The molecule has 3 unspecified atom stereocenters. The first-order valence-corrected chi connectivity index (χ1v) is 10.4. The summed E-state index contributed by atoms with van der Waals surface area (Å²) < 4.78 is 38.0. The molecule has 3 N–H and O–H groups in total. The largest absolute Gasteiger partial charge is 0.776 e. The van der Waals surface area contributed by atoms with Crippen molar-refractivity contribution in [2.45, 2.75) is 11.6 Å². The van der Waals surface area contributed by atoms with Gasteiger partial charge in [0.2, 0.25) is 13.6 Å². The summed E-state index contributed by atoms with van der Waals surface area (Å²) in [5.41, 5.74) is 0.979. The lowest BCUT2D eigenvalue weighted by Gasteiger charge is -2.35. The minimum Gasteiger partial charge on any atom is -0.776 e. The van der Waals surface area contributed by atoms with Gasteiger partial charge in [0.1, 0.15) is 0 Å². The lowest BCUT2D eigenvalue weighted by Crippen LogP contribution is -2.49. The molecule has 0 fully saturated rings. The number of aliphatic hydroxyl groups is 1. The van der Waals surface area contributed by atoms with E-state index in [0.717, 1.165) is 10.8 Å². The molecular formula is C14H16FNO6P2. The topological polar surface area (TPSA) is 122 Å². The Morgan fingerprint density at radius 1 is 1.17 bits per heavy atom. The Hall–Kier alpha value is -1.40. The summed E-state index contributed by atoms with van der Waals surface area (Å²) >= 11 is 0. The van der Waals surface area contributed by atoms with Gasteiger partial charge in [0, 0.05) is 12.2 Å². The maximum Gasteiger partial charge on any atom is 0.263 e.